The molecule has 3 rings (SSSR count). The minimum Gasteiger partial charge on any atom is -0.381 e. The van der Waals surface area contributed by atoms with Gasteiger partial charge >= 0.3 is 0 Å². The summed E-state index contributed by atoms with van der Waals surface area (Å²) in [6.45, 7) is 2.36. The third-order valence-electron chi connectivity index (χ3n) is 3.55. The van der Waals surface area contributed by atoms with Crippen LogP contribution in [-0.4, -0.2) is 22.6 Å². The number of nitrogens with zero attached hydrogens (tertiary/aromatic N) is 2. The minimum atomic E-state index is 0.569. The Bertz CT molecular complexity index is 529. The lowest BCUT2D eigenvalue weighted by atomic mass is 9.97. The van der Waals surface area contributed by atoms with Gasteiger partial charge in [0.05, 0.1) is 5.69 Å². The quantitative estimate of drug-likeness (QED) is 0.896. The van der Waals surface area contributed by atoms with Gasteiger partial charge in [-0.25, -0.2) is 4.98 Å². The zero-order valence-electron chi connectivity index (χ0n) is 10.5. The van der Waals surface area contributed by atoms with E-state index >= 15 is 0 Å². The summed E-state index contributed by atoms with van der Waals surface area (Å²) >= 11 is 0. The van der Waals surface area contributed by atoms with Gasteiger partial charge in [-0.2, -0.15) is 0 Å². The van der Waals surface area contributed by atoms with Crippen LogP contribution in [0.2, 0.25) is 0 Å². The minimum absolute atomic E-state index is 0.569. The molecule has 1 unspecified atom stereocenters. The maximum absolute atomic E-state index is 5.65. The van der Waals surface area contributed by atoms with Gasteiger partial charge in [-0.15, -0.1) is 0 Å². The van der Waals surface area contributed by atoms with E-state index in [4.69, 9.17) is 10.5 Å². The summed E-state index contributed by atoms with van der Waals surface area (Å²) in [5, 5.41) is 0. The van der Waals surface area contributed by atoms with E-state index in [9.17, 15) is 0 Å². The summed E-state index contributed by atoms with van der Waals surface area (Å²) < 4.78 is 7.58. The number of rotatable bonds is 3. The predicted molar refractivity (Wildman–Crippen MR) is 70.3 cm³/mol. The van der Waals surface area contributed by atoms with Crippen molar-refractivity contribution in [2.24, 2.45) is 11.7 Å². The van der Waals surface area contributed by atoms with Crippen molar-refractivity contribution in [1.29, 1.82) is 0 Å². The number of hydrogen-bond acceptors (Lipinski definition) is 3. The molecule has 3 heterocycles. The average Bonchev–Trinajstić information content (AvgIpc) is 2.80. The van der Waals surface area contributed by atoms with Crippen molar-refractivity contribution in [3.05, 3.63) is 35.8 Å². The van der Waals surface area contributed by atoms with Crippen molar-refractivity contribution >= 4 is 5.65 Å². The molecule has 0 amide bonds. The molecule has 0 saturated carbocycles. The second-order valence-electron chi connectivity index (χ2n) is 5.03. The Balaban J connectivity index is 1.79. The van der Waals surface area contributed by atoms with Crippen molar-refractivity contribution in [1.82, 2.24) is 9.38 Å². The third kappa shape index (κ3) is 2.40. The van der Waals surface area contributed by atoms with Crippen LogP contribution in [0.1, 0.15) is 24.1 Å². The monoisotopic (exact) mass is 245 g/mol. The molecule has 0 aromatic carbocycles. The van der Waals surface area contributed by atoms with Gasteiger partial charge in [0.15, 0.2) is 0 Å². The molecule has 0 aliphatic carbocycles. The molecule has 96 valence electrons. The zero-order chi connectivity index (χ0) is 12.4. The fourth-order valence-electron chi connectivity index (χ4n) is 2.57. The van der Waals surface area contributed by atoms with Crippen LogP contribution in [0.4, 0.5) is 0 Å². The maximum Gasteiger partial charge on any atom is 0.136 e. The molecular formula is C14H19N3O. The SMILES string of the molecule is NCc1ccc2nc(CC3CCCOC3)cn2c1. The van der Waals surface area contributed by atoms with Crippen LogP contribution in [0.3, 0.4) is 0 Å². The summed E-state index contributed by atoms with van der Waals surface area (Å²) in [6, 6.07) is 4.07. The van der Waals surface area contributed by atoms with E-state index in [-0.39, 0.29) is 0 Å². The van der Waals surface area contributed by atoms with Crippen LogP contribution in [0.15, 0.2) is 24.5 Å². The van der Waals surface area contributed by atoms with Gasteiger partial charge in [0, 0.05) is 32.2 Å². The molecule has 0 spiro atoms. The van der Waals surface area contributed by atoms with E-state index in [0.717, 1.165) is 36.5 Å². The molecule has 1 fully saturated rings. The average molecular weight is 245 g/mol. The van der Waals surface area contributed by atoms with Crippen LogP contribution in [0.5, 0.6) is 0 Å². The first-order valence-electron chi connectivity index (χ1n) is 6.59. The van der Waals surface area contributed by atoms with E-state index < -0.39 is 0 Å². The maximum atomic E-state index is 5.65. The van der Waals surface area contributed by atoms with Gasteiger partial charge in [-0.3, -0.25) is 0 Å². The number of nitrogens with two attached hydrogens (primary N) is 1. The summed E-state index contributed by atoms with van der Waals surface area (Å²) in [5.41, 5.74) is 8.93. The third-order valence-corrected chi connectivity index (χ3v) is 3.55. The van der Waals surface area contributed by atoms with Crippen molar-refractivity contribution in [2.75, 3.05) is 13.2 Å². The summed E-state index contributed by atoms with van der Waals surface area (Å²) in [4.78, 5) is 4.65. The van der Waals surface area contributed by atoms with Crippen molar-refractivity contribution in [3.8, 4) is 0 Å². The predicted octanol–water partition coefficient (Wildman–Crippen LogP) is 1.76. The van der Waals surface area contributed by atoms with Gasteiger partial charge in [0.25, 0.3) is 0 Å². The van der Waals surface area contributed by atoms with Crippen LogP contribution in [0, 0.1) is 5.92 Å². The standard InChI is InChI=1S/C14H19N3O/c15-7-12-3-4-14-16-13(9-17(14)8-12)6-11-2-1-5-18-10-11/h3-4,8-9,11H,1-2,5-7,10,15H2. The summed E-state index contributed by atoms with van der Waals surface area (Å²) in [5.74, 6) is 0.623. The van der Waals surface area contributed by atoms with Gasteiger partial charge < -0.3 is 14.9 Å². The molecule has 1 aliphatic heterocycles. The lowest BCUT2D eigenvalue weighted by Gasteiger charge is -2.20. The Labute approximate surface area is 107 Å². The Hall–Kier alpha value is -1.39. The van der Waals surface area contributed by atoms with E-state index in [1.165, 1.54) is 12.8 Å². The summed E-state index contributed by atoms with van der Waals surface area (Å²) in [7, 11) is 0. The van der Waals surface area contributed by atoms with Crippen LogP contribution in [-0.2, 0) is 17.7 Å². The molecule has 2 aromatic heterocycles. The molecule has 2 aromatic rings. The number of aromatic nitrogens is 2. The fraction of sp³-hybridized carbons (Fsp3) is 0.500. The highest BCUT2D eigenvalue weighted by Crippen LogP contribution is 2.19. The van der Waals surface area contributed by atoms with Gasteiger partial charge in [-0.1, -0.05) is 6.07 Å². The Morgan fingerprint density at radius 3 is 3.11 bits per heavy atom. The van der Waals surface area contributed by atoms with Gasteiger partial charge in [0.1, 0.15) is 5.65 Å². The highest BCUT2D eigenvalue weighted by molar-refractivity contribution is 5.41. The Morgan fingerprint density at radius 2 is 2.33 bits per heavy atom. The largest absolute Gasteiger partial charge is 0.381 e. The number of fused-ring (bicyclic) bond motifs is 1. The van der Waals surface area contributed by atoms with Gasteiger partial charge in [0.2, 0.25) is 0 Å². The lowest BCUT2D eigenvalue weighted by Crippen LogP contribution is -2.19. The van der Waals surface area contributed by atoms with E-state index in [0.29, 0.717) is 12.5 Å². The number of hydrogen-bond donors (Lipinski definition) is 1. The second-order valence-corrected chi connectivity index (χ2v) is 5.03. The first-order valence-corrected chi connectivity index (χ1v) is 6.59. The van der Waals surface area contributed by atoms with Crippen LogP contribution < -0.4 is 5.73 Å². The van der Waals surface area contributed by atoms with Crippen LogP contribution in [0.25, 0.3) is 5.65 Å². The highest BCUT2D eigenvalue weighted by Gasteiger charge is 2.15. The first kappa shape index (κ1) is 11.7. The molecular weight excluding hydrogens is 226 g/mol. The molecule has 1 saturated heterocycles. The zero-order valence-corrected chi connectivity index (χ0v) is 10.5. The van der Waals surface area contributed by atoms with E-state index in [1.807, 2.05) is 12.1 Å². The van der Waals surface area contributed by atoms with Crippen molar-refractivity contribution < 1.29 is 4.74 Å². The molecule has 18 heavy (non-hydrogen) atoms. The molecule has 4 nitrogen and oxygen atoms in total. The molecule has 1 atom stereocenters. The fourth-order valence-corrected chi connectivity index (χ4v) is 2.57. The highest BCUT2D eigenvalue weighted by atomic mass is 16.5. The lowest BCUT2D eigenvalue weighted by molar-refractivity contribution is 0.0547. The van der Waals surface area contributed by atoms with E-state index in [1.54, 1.807) is 0 Å². The van der Waals surface area contributed by atoms with Crippen molar-refractivity contribution in [3.63, 3.8) is 0 Å². The Kier molecular flexibility index (Phi) is 3.30. The van der Waals surface area contributed by atoms with E-state index in [2.05, 4.69) is 21.8 Å². The summed E-state index contributed by atoms with van der Waals surface area (Å²) in [6.07, 6.45) is 7.61. The molecule has 1 aliphatic rings. The molecule has 0 radical (unpaired) electrons. The number of imidazole rings is 1. The molecule has 0 bridgehead atoms. The number of pyridine rings is 1. The first-order chi connectivity index (χ1) is 8.85. The normalized spacial score (nSPS) is 20.4. The van der Waals surface area contributed by atoms with Gasteiger partial charge in [-0.05, 0) is 36.8 Å². The Morgan fingerprint density at radius 1 is 1.39 bits per heavy atom. The van der Waals surface area contributed by atoms with Crippen molar-refractivity contribution in [2.45, 2.75) is 25.8 Å². The molecule has 2 N–H and O–H groups in total. The molecule has 4 heteroatoms. The van der Waals surface area contributed by atoms with Crippen LogP contribution >= 0.6 is 0 Å². The topological polar surface area (TPSA) is 52.5 Å². The second kappa shape index (κ2) is 5.08. The number of ether oxygens (including phenoxy) is 1. The smallest absolute Gasteiger partial charge is 0.136 e.